The molecule has 2 aromatic carbocycles. The minimum absolute atomic E-state index is 0.110. The van der Waals surface area contributed by atoms with E-state index in [0.29, 0.717) is 18.0 Å². The highest BCUT2D eigenvalue weighted by molar-refractivity contribution is 7.84. The Balaban J connectivity index is 1.99. The zero-order valence-electron chi connectivity index (χ0n) is 15.4. The average Bonchev–Trinajstić information content (AvgIpc) is 2.61. The molecule has 144 valence electrons. The zero-order chi connectivity index (χ0) is 20.0. The lowest BCUT2D eigenvalue weighted by molar-refractivity contribution is 0.0994. The van der Waals surface area contributed by atoms with Crippen molar-refractivity contribution in [1.82, 2.24) is 5.32 Å². The van der Waals surface area contributed by atoms with Crippen LogP contribution in [0.4, 0.5) is 10.5 Å². The molecule has 4 N–H and O–H groups in total. The van der Waals surface area contributed by atoms with Gasteiger partial charge in [-0.15, -0.1) is 0 Å². The Kier molecular flexibility index (Phi) is 6.95. The maximum Gasteiger partial charge on any atom is 0.319 e. The van der Waals surface area contributed by atoms with Crippen LogP contribution in [0, 0.1) is 0 Å². The zero-order valence-corrected chi connectivity index (χ0v) is 16.3. The summed E-state index contributed by atoms with van der Waals surface area (Å²) >= 11 is 0. The second-order valence-electron chi connectivity index (χ2n) is 6.15. The van der Waals surface area contributed by atoms with Crippen LogP contribution in [0.1, 0.15) is 29.8 Å². The number of primary amides is 1. The lowest BCUT2D eigenvalue weighted by Crippen LogP contribution is -2.28. The number of carbonyl (C=O) groups excluding carboxylic acids is 2. The SMILES string of the molecule is CC(C)Oc1ccc(NC(=O)NCc2ccc(S(C)=O)cc2)cc1C(N)=O. The molecule has 0 bridgehead atoms. The molecule has 0 fully saturated rings. The van der Waals surface area contributed by atoms with Crippen molar-refractivity contribution in [3.63, 3.8) is 0 Å². The van der Waals surface area contributed by atoms with Gasteiger partial charge in [-0.2, -0.15) is 0 Å². The summed E-state index contributed by atoms with van der Waals surface area (Å²) in [6.07, 6.45) is 1.50. The van der Waals surface area contributed by atoms with E-state index in [2.05, 4.69) is 10.6 Å². The monoisotopic (exact) mass is 389 g/mol. The molecule has 8 heteroatoms. The summed E-state index contributed by atoms with van der Waals surface area (Å²) in [5, 5.41) is 5.37. The van der Waals surface area contributed by atoms with E-state index >= 15 is 0 Å². The van der Waals surface area contributed by atoms with Gasteiger partial charge < -0.3 is 21.1 Å². The molecule has 0 heterocycles. The van der Waals surface area contributed by atoms with Gasteiger partial charge in [0.2, 0.25) is 0 Å². The number of carbonyl (C=O) groups is 2. The summed E-state index contributed by atoms with van der Waals surface area (Å²) in [5.74, 6) is -0.264. The number of nitrogens with two attached hydrogens (primary N) is 1. The van der Waals surface area contributed by atoms with Crippen LogP contribution in [0.5, 0.6) is 5.75 Å². The van der Waals surface area contributed by atoms with Gasteiger partial charge in [0.1, 0.15) is 5.75 Å². The number of benzene rings is 2. The number of nitrogens with one attached hydrogen (secondary N) is 2. The van der Waals surface area contributed by atoms with Crippen LogP contribution in [-0.4, -0.2) is 28.5 Å². The Morgan fingerprint density at radius 1 is 1.15 bits per heavy atom. The van der Waals surface area contributed by atoms with E-state index in [9.17, 15) is 13.8 Å². The minimum atomic E-state index is -1.04. The first kappa shape index (κ1) is 20.4. The molecule has 0 saturated heterocycles. The van der Waals surface area contributed by atoms with Crippen molar-refractivity contribution in [2.24, 2.45) is 5.73 Å². The quantitative estimate of drug-likeness (QED) is 0.676. The van der Waals surface area contributed by atoms with Crippen molar-refractivity contribution in [2.75, 3.05) is 11.6 Å². The van der Waals surface area contributed by atoms with Gasteiger partial charge in [0.25, 0.3) is 5.91 Å². The molecule has 7 nitrogen and oxygen atoms in total. The largest absolute Gasteiger partial charge is 0.490 e. The van der Waals surface area contributed by atoms with Crippen LogP contribution >= 0.6 is 0 Å². The van der Waals surface area contributed by atoms with E-state index in [-0.39, 0.29) is 11.7 Å². The maximum absolute atomic E-state index is 12.1. The molecular weight excluding hydrogens is 366 g/mol. The molecule has 0 aliphatic rings. The second-order valence-corrected chi connectivity index (χ2v) is 7.53. The number of ether oxygens (including phenoxy) is 1. The van der Waals surface area contributed by atoms with Gasteiger partial charge in [-0.05, 0) is 49.7 Å². The van der Waals surface area contributed by atoms with Crippen LogP contribution in [0.25, 0.3) is 0 Å². The van der Waals surface area contributed by atoms with Gasteiger partial charge in [0.15, 0.2) is 0 Å². The number of rotatable bonds is 7. The first-order valence-corrected chi connectivity index (χ1v) is 9.90. The van der Waals surface area contributed by atoms with Crippen LogP contribution in [0.3, 0.4) is 0 Å². The predicted octanol–water partition coefficient (Wildman–Crippen LogP) is 2.63. The van der Waals surface area contributed by atoms with E-state index in [4.69, 9.17) is 10.5 Å². The summed E-state index contributed by atoms with van der Waals surface area (Å²) < 4.78 is 16.9. The average molecular weight is 389 g/mol. The first-order chi connectivity index (χ1) is 12.8. The highest BCUT2D eigenvalue weighted by atomic mass is 32.2. The number of anilines is 1. The van der Waals surface area contributed by atoms with E-state index in [0.717, 1.165) is 10.5 Å². The normalized spacial score (nSPS) is 11.7. The van der Waals surface area contributed by atoms with Crippen molar-refractivity contribution in [3.05, 3.63) is 53.6 Å². The van der Waals surface area contributed by atoms with Gasteiger partial charge in [-0.3, -0.25) is 9.00 Å². The molecule has 0 spiro atoms. The molecule has 1 atom stereocenters. The third kappa shape index (κ3) is 6.10. The van der Waals surface area contributed by atoms with Crippen molar-refractivity contribution in [2.45, 2.75) is 31.4 Å². The molecule has 1 unspecified atom stereocenters. The highest BCUT2D eigenvalue weighted by Crippen LogP contribution is 2.23. The van der Waals surface area contributed by atoms with E-state index < -0.39 is 22.7 Å². The fraction of sp³-hybridized carbons (Fsp3) is 0.263. The van der Waals surface area contributed by atoms with E-state index in [1.54, 1.807) is 42.7 Å². The maximum atomic E-state index is 12.1. The number of amides is 3. The molecular formula is C19H23N3O4S. The Morgan fingerprint density at radius 3 is 2.37 bits per heavy atom. The van der Waals surface area contributed by atoms with E-state index in [1.807, 2.05) is 13.8 Å². The molecule has 2 rings (SSSR count). The van der Waals surface area contributed by atoms with Gasteiger partial charge in [-0.1, -0.05) is 12.1 Å². The van der Waals surface area contributed by atoms with Crippen LogP contribution in [0.2, 0.25) is 0 Å². The minimum Gasteiger partial charge on any atom is -0.490 e. The lowest BCUT2D eigenvalue weighted by Gasteiger charge is -2.14. The molecule has 0 aromatic heterocycles. The van der Waals surface area contributed by atoms with Crippen molar-refractivity contribution in [1.29, 1.82) is 0 Å². The molecule has 0 radical (unpaired) electrons. The van der Waals surface area contributed by atoms with Crippen molar-refractivity contribution < 1.29 is 18.5 Å². The van der Waals surface area contributed by atoms with E-state index in [1.165, 1.54) is 6.07 Å². The smallest absolute Gasteiger partial charge is 0.319 e. The molecule has 0 aliphatic carbocycles. The molecule has 0 saturated carbocycles. The number of hydrogen-bond donors (Lipinski definition) is 3. The van der Waals surface area contributed by atoms with Gasteiger partial charge >= 0.3 is 6.03 Å². The summed E-state index contributed by atoms with van der Waals surface area (Å²) in [5.41, 5.74) is 6.89. The number of hydrogen-bond acceptors (Lipinski definition) is 4. The first-order valence-electron chi connectivity index (χ1n) is 8.34. The Bertz CT molecular complexity index is 851. The Hall–Kier alpha value is -2.87. The summed E-state index contributed by atoms with van der Waals surface area (Å²) in [7, 11) is -1.04. The molecule has 3 amide bonds. The Morgan fingerprint density at radius 2 is 1.81 bits per heavy atom. The summed E-state index contributed by atoms with van der Waals surface area (Å²) in [6.45, 7) is 3.99. The van der Waals surface area contributed by atoms with Crippen LogP contribution < -0.4 is 21.1 Å². The third-order valence-electron chi connectivity index (χ3n) is 3.57. The van der Waals surface area contributed by atoms with Crippen molar-refractivity contribution >= 4 is 28.4 Å². The molecule has 27 heavy (non-hydrogen) atoms. The second kappa shape index (κ2) is 9.18. The van der Waals surface area contributed by atoms with Crippen LogP contribution in [-0.2, 0) is 17.3 Å². The van der Waals surface area contributed by atoms with Crippen LogP contribution in [0.15, 0.2) is 47.4 Å². The van der Waals surface area contributed by atoms with Gasteiger partial charge in [0.05, 0.1) is 11.7 Å². The molecule has 0 aliphatic heterocycles. The fourth-order valence-electron chi connectivity index (χ4n) is 2.31. The standard InChI is InChI=1S/C19H23N3O4S/c1-12(2)26-17-9-6-14(10-16(17)18(20)23)22-19(24)21-11-13-4-7-15(8-5-13)27(3)25/h4-10,12H,11H2,1-3H3,(H2,20,23)(H2,21,22,24). The Labute approximate surface area is 160 Å². The number of urea groups is 1. The third-order valence-corrected chi connectivity index (χ3v) is 4.51. The lowest BCUT2D eigenvalue weighted by atomic mass is 10.1. The van der Waals surface area contributed by atoms with Gasteiger partial charge in [-0.25, -0.2) is 4.79 Å². The fourth-order valence-corrected chi connectivity index (χ4v) is 2.83. The summed E-state index contributed by atoms with van der Waals surface area (Å²) in [4.78, 5) is 24.4. The van der Waals surface area contributed by atoms with Gasteiger partial charge in [0, 0.05) is 34.2 Å². The van der Waals surface area contributed by atoms with Crippen molar-refractivity contribution in [3.8, 4) is 5.75 Å². The predicted molar refractivity (Wildman–Crippen MR) is 105 cm³/mol. The topological polar surface area (TPSA) is 111 Å². The molecule has 2 aromatic rings. The summed E-state index contributed by atoms with van der Waals surface area (Å²) in [6, 6.07) is 11.4. The highest BCUT2D eigenvalue weighted by Gasteiger charge is 2.13.